The second-order valence-electron chi connectivity index (χ2n) is 18.1. The number of aryl methyl sites for hydroxylation is 1. The largest absolute Gasteiger partial charge is 0.494 e. The van der Waals surface area contributed by atoms with E-state index < -0.39 is 23.2 Å². The molecule has 2 aromatic heterocycles. The molecule has 4 fully saturated rings. The molecule has 57 heavy (non-hydrogen) atoms. The van der Waals surface area contributed by atoms with Gasteiger partial charge in [0.2, 0.25) is 5.92 Å². The molecule has 0 amide bonds. The Morgan fingerprint density at radius 1 is 0.912 bits per heavy atom. The number of H-pyrrole nitrogens is 1. The number of aromatic amines is 1. The van der Waals surface area contributed by atoms with E-state index in [1.807, 2.05) is 31.3 Å². The number of hydrogen-bond donors (Lipinski definition) is 2. The number of hydrogen-bond acceptors (Lipinski definition) is 8. The third kappa shape index (κ3) is 6.94. The molecule has 13 heteroatoms. The molecular weight excluding hydrogens is 734 g/mol. The molecule has 0 radical (unpaired) electrons. The van der Waals surface area contributed by atoms with E-state index in [1.165, 1.54) is 24.9 Å². The molecule has 10 nitrogen and oxygen atoms in total. The molecule has 0 spiro atoms. The number of benzene rings is 2. The SMILES string of the molecule is Cn1ncnc1[C@H]1c2n[nH]c(=O)c3cc(F)cc(c23)N[C@@H]1c1ccc(OCCCOCCCO[C@H]2CC[C@H]3[C@@H]4CC[C@H]5CC(F)(F)CC[C@]5(C)[C@H]4CC[C@]23C)cc1. The van der Waals surface area contributed by atoms with E-state index in [0.29, 0.717) is 73.2 Å². The Morgan fingerprint density at radius 3 is 2.49 bits per heavy atom. The molecule has 2 aromatic carbocycles. The monoisotopic (exact) mass is 788 g/mol. The summed E-state index contributed by atoms with van der Waals surface area (Å²) >= 11 is 0. The average Bonchev–Trinajstić information content (AvgIpc) is 3.77. The maximum Gasteiger partial charge on any atom is 0.272 e. The van der Waals surface area contributed by atoms with Crippen molar-refractivity contribution < 1.29 is 27.4 Å². The van der Waals surface area contributed by atoms with Crippen LogP contribution >= 0.6 is 0 Å². The zero-order valence-electron chi connectivity index (χ0n) is 33.2. The number of aromatic nitrogens is 5. The van der Waals surface area contributed by atoms with Crippen molar-refractivity contribution in [2.75, 3.05) is 31.7 Å². The summed E-state index contributed by atoms with van der Waals surface area (Å²) in [6, 6.07) is 10.1. The van der Waals surface area contributed by atoms with Crippen molar-refractivity contribution in [2.45, 2.75) is 108 Å². The van der Waals surface area contributed by atoms with Crippen LogP contribution in [0.15, 0.2) is 47.5 Å². The van der Waals surface area contributed by atoms with Gasteiger partial charge in [-0.2, -0.15) is 10.2 Å². The Kier molecular flexibility index (Phi) is 10.1. The molecule has 4 aromatic rings. The van der Waals surface area contributed by atoms with Gasteiger partial charge in [-0.05, 0) is 116 Å². The highest BCUT2D eigenvalue weighted by Gasteiger charge is 2.62. The van der Waals surface area contributed by atoms with Gasteiger partial charge in [0, 0.05) is 57.2 Å². The van der Waals surface area contributed by atoms with Crippen LogP contribution in [-0.4, -0.2) is 63.4 Å². The van der Waals surface area contributed by atoms with Crippen LogP contribution in [0.2, 0.25) is 0 Å². The first-order valence-electron chi connectivity index (χ1n) is 21.1. The Morgan fingerprint density at radius 2 is 1.70 bits per heavy atom. The number of halogens is 3. The summed E-state index contributed by atoms with van der Waals surface area (Å²) in [7, 11) is 1.81. The van der Waals surface area contributed by atoms with E-state index in [9.17, 15) is 18.0 Å². The highest BCUT2D eigenvalue weighted by Crippen LogP contribution is 2.67. The number of nitrogens with zero attached hydrogens (tertiary/aromatic N) is 4. The smallest absolute Gasteiger partial charge is 0.272 e. The Balaban J connectivity index is 0.726. The van der Waals surface area contributed by atoms with Crippen LogP contribution < -0.4 is 15.6 Å². The van der Waals surface area contributed by atoms with Gasteiger partial charge >= 0.3 is 0 Å². The van der Waals surface area contributed by atoms with E-state index in [2.05, 4.69) is 39.4 Å². The second-order valence-corrected chi connectivity index (χ2v) is 18.1. The fourth-order valence-electron chi connectivity index (χ4n) is 12.2. The van der Waals surface area contributed by atoms with Gasteiger partial charge in [0.15, 0.2) is 0 Å². The summed E-state index contributed by atoms with van der Waals surface area (Å²) in [5, 5.41) is 15.5. The van der Waals surface area contributed by atoms with Gasteiger partial charge in [0.05, 0.1) is 35.8 Å². The number of anilines is 1. The number of alkyl halides is 2. The number of ether oxygens (including phenoxy) is 3. The molecule has 1 aliphatic heterocycles. The molecule has 306 valence electrons. The van der Waals surface area contributed by atoms with Crippen molar-refractivity contribution in [2.24, 2.45) is 41.5 Å². The summed E-state index contributed by atoms with van der Waals surface area (Å²) in [5.41, 5.74) is 1.82. The summed E-state index contributed by atoms with van der Waals surface area (Å²) in [4.78, 5) is 17.1. The Labute approximate surface area is 331 Å². The molecule has 0 unspecified atom stereocenters. The van der Waals surface area contributed by atoms with Crippen LogP contribution in [0.3, 0.4) is 0 Å². The Hall–Kier alpha value is -3.97. The van der Waals surface area contributed by atoms with Gasteiger partial charge in [-0.1, -0.05) is 26.0 Å². The highest BCUT2D eigenvalue weighted by molar-refractivity contribution is 5.97. The van der Waals surface area contributed by atoms with Crippen LogP contribution in [0.5, 0.6) is 5.75 Å². The van der Waals surface area contributed by atoms with Crippen LogP contribution in [0, 0.1) is 40.3 Å². The van der Waals surface area contributed by atoms with Crippen LogP contribution in [0.25, 0.3) is 10.8 Å². The van der Waals surface area contributed by atoms with E-state index in [4.69, 9.17) is 14.2 Å². The van der Waals surface area contributed by atoms with E-state index in [1.54, 1.807) is 4.68 Å². The van der Waals surface area contributed by atoms with Crippen molar-refractivity contribution in [1.82, 2.24) is 25.0 Å². The first kappa shape index (κ1) is 38.5. The third-order valence-corrected chi connectivity index (χ3v) is 15.1. The maximum atomic E-state index is 14.6. The summed E-state index contributed by atoms with van der Waals surface area (Å²) in [6.07, 6.45) is 10.9. The molecule has 9 rings (SSSR count). The standard InChI is InChI=1S/C44H55F3N6O4/c1-42-16-17-44(46,47)24-27(42)8-11-30-32-12-13-35(43(32,2)15-14-33(30)42)57-21-5-19-55-18-4-20-56-29-9-6-26(7-10-29)38-37(40-48-25-49-53(40)3)39-36-31(41(54)52-51-39)22-28(45)23-34(36)50-38/h6-7,9-10,22-23,25,27,30,32-33,35,37-38,50H,4-5,8,11-21,24H2,1-3H3,(H,52,54)/t27-,30-,32-,33-,35-,37+,38+,42-,43-/m0/s1. The van der Waals surface area contributed by atoms with Crippen molar-refractivity contribution in [3.05, 3.63) is 76.0 Å². The summed E-state index contributed by atoms with van der Waals surface area (Å²) in [5.74, 6) is 0.0460. The minimum atomic E-state index is -2.47. The number of rotatable bonds is 12. The minimum Gasteiger partial charge on any atom is -0.494 e. The lowest BCUT2D eigenvalue weighted by Gasteiger charge is -2.61. The van der Waals surface area contributed by atoms with E-state index in [-0.39, 0.29) is 47.1 Å². The number of nitrogens with one attached hydrogen (secondary N) is 2. The zero-order valence-corrected chi connectivity index (χ0v) is 33.2. The first-order chi connectivity index (χ1) is 27.4. The van der Waals surface area contributed by atoms with Crippen LogP contribution in [0.1, 0.15) is 114 Å². The lowest BCUT2D eigenvalue weighted by Crippen LogP contribution is -2.55. The van der Waals surface area contributed by atoms with Crippen LogP contribution in [0.4, 0.5) is 18.9 Å². The highest BCUT2D eigenvalue weighted by atomic mass is 19.3. The molecule has 2 N–H and O–H groups in total. The predicted molar refractivity (Wildman–Crippen MR) is 210 cm³/mol. The molecule has 9 atom stereocenters. The fourth-order valence-corrected chi connectivity index (χ4v) is 12.2. The van der Waals surface area contributed by atoms with Gasteiger partial charge < -0.3 is 19.5 Å². The minimum absolute atomic E-state index is 0.0657. The Bertz CT molecular complexity index is 2140. The zero-order chi connectivity index (χ0) is 39.5. The lowest BCUT2D eigenvalue weighted by atomic mass is 9.45. The van der Waals surface area contributed by atoms with Gasteiger partial charge in [0.25, 0.3) is 5.56 Å². The van der Waals surface area contributed by atoms with Gasteiger partial charge in [-0.15, -0.1) is 0 Å². The van der Waals surface area contributed by atoms with Crippen molar-refractivity contribution in [3.63, 3.8) is 0 Å². The predicted octanol–water partition coefficient (Wildman–Crippen LogP) is 8.73. The average molecular weight is 789 g/mol. The molecule has 0 saturated heterocycles. The maximum absolute atomic E-state index is 14.6. The lowest BCUT2D eigenvalue weighted by molar-refractivity contribution is -0.169. The van der Waals surface area contributed by atoms with Crippen molar-refractivity contribution in [3.8, 4) is 5.75 Å². The molecule has 0 bridgehead atoms. The second kappa shape index (κ2) is 15.0. The normalized spacial score (nSPS) is 32.6. The first-order valence-corrected chi connectivity index (χ1v) is 21.1. The molecule has 4 saturated carbocycles. The summed E-state index contributed by atoms with van der Waals surface area (Å²) in [6.45, 7) is 7.24. The van der Waals surface area contributed by atoms with E-state index >= 15 is 0 Å². The van der Waals surface area contributed by atoms with Gasteiger partial charge in [-0.3, -0.25) is 9.48 Å². The number of fused-ring (bicyclic) bond motifs is 5. The topological polar surface area (TPSA) is 116 Å². The van der Waals surface area contributed by atoms with Crippen molar-refractivity contribution >= 4 is 16.5 Å². The van der Waals surface area contributed by atoms with E-state index in [0.717, 1.165) is 56.3 Å². The van der Waals surface area contributed by atoms with Crippen molar-refractivity contribution in [1.29, 1.82) is 0 Å². The molecule has 5 aliphatic rings. The van der Waals surface area contributed by atoms with Gasteiger partial charge in [-0.25, -0.2) is 23.3 Å². The van der Waals surface area contributed by atoms with Gasteiger partial charge in [0.1, 0.15) is 23.7 Å². The third-order valence-electron chi connectivity index (χ3n) is 15.1. The van der Waals surface area contributed by atoms with Crippen LogP contribution in [-0.2, 0) is 16.5 Å². The molecular formula is C44H55F3N6O4. The summed E-state index contributed by atoms with van der Waals surface area (Å²) < 4.78 is 63.6. The fraction of sp³-hybridized carbons (Fsp3) is 0.636. The quantitative estimate of drug-likeness (QED) is 0.137. The molecule has 4 aliphatic carbocycles. The molecule has 3 heterocycles.